The number of benzene rings is 1. The predicted molar refractivity (Wildman–Crippen MR) is 101 cm³/mol. The summed E-state index contributed by atoms with van der Waals surface area (Å²) in [4.78, 5) is 14.1. The highest BCUT2D eigenvalue weighted by atomic mass is 32.2. The van der Waals surface area contributed by atoms with Crippen LogP contribution >= 0.6 is 0 Å². The summed E-state index contributed by atoms with van der Waals surface area (Å²) in [6, 6.07) is 5.04. The molecule has 148 valence electrons. The summed E-state index contributed by atoms with van der Waals surface area (Å²) in [6.45, 7) is 6.39. The number of carbonyl (C=O) groups is 1. The molecule has 0 spiro atoms. The van der Waals surface area contributed by atoms with Crippen LogP contribution in [0.5, 0.6) is 5.75 Å². The average molecular weight is 395 g/mol. The highest BCUT2D eigenvalue weighted by molar-refractivity contribution is 7.89. The number of amidine groups is 1. The Labute approximate surface area is 159 Å². The van der Waals surface area contributed by atoms with Crippen LogP contribution in [0.15, 0.2) is 22.6 Å². The van der Waals surface area contributed by atoms with Crippen molar-refractivity contribution in [1.29, 1.82) is 0 Å². The van der Waals surface area contributed by atoms with E-state index in [9.17, 15) is 13.2 Å². The van der Waals surface area contributed by atoms with E-state index in [1.165, 1.54) is 0 Å². The molecule has 1 saturated heterocycles. The molecule has 0 aliphatic carbocycles. The summed E-state index contributed by atoms with van der Waals surface area (Å²) in [6.07, 6.45) is 1.34. The summed E-state index contributed by atoms with van der Waals surface area (Å²) in [5.41, 5.74) is 6.38. The van der Waals surface area contributed by atoms with E-state index in [2.05, 4.69) is 4.40 Å². The summed E-state index contributed by atoms with van der Waals surface area (Å²) >= 11 is 0. The van der Waals surface area contributed by atoms with E-state index < -0.39 is 15.6 Å². The first-order valence-corrected chi connectivity index (χ1v) is 10.5. The van der Waals surface area contributed by atoms with Gasteiger partial charge in [-0.1, -0.05) is 12.1 Å². The van der Waals surface area contributed by atoms with Crippen LogP contribution in [-0.2, 0) is 20.5 Å². The van der Waals surface area contributed by atoms with Crippen molar-refractivity contribution in [2.75, 3.05) is 13.2 Å². The molecular weight excluding hydrogens is 370 g/mol. The van der Waals surface area contributed by atoms with E-state index in [0.29, 0.717) is 23.4 Å². The summed E-state index contributed by atoms with van der Waals surface area (Å²) in [5.74, 6) is 0.204. The lowest BCUT2D eigenvalue weighted by atomic mass is 10.1. The summed E-state index contributed by atoms with van der Waals surface area (Å²) in [5, 5.41) is 0. The van der Waals surface area contributed by atoms with Crippen molar-refractivity contribution in [3.05, 3.63) is 29.3 Å². The van der Waals surface area contributed by atoms with Crippen molar-refractivity contribution in [3.63, 3.8) is 0 Å². The maximum atomic E-state index is 12.4. The third-order valence-electron chi connectivity index (χ3n) is 4.38. The number of hydrogen-bond acceptors (Lipinski definition) is 6. The van der Waals surface area contributed by atoms with Crippen LogP contribution in [0.3, 0.4) is 0 Å². The van der Waals surface area contributed by atoms with Gasteiger partial charge in [0, 0.05) is 6.54 Å². The first kappa shape index (κ1) is 19.5. The third-order valence-corrected chi connectivity index (χ3v) is 5.53. The molecule has 0 bridgehead atoms. The van der Waals surface area contributed by atoms with Crippen molar-refractivity contribution in [2.45, 2.75) is 51.0 Å². The Bertz CT molecular complexity index is 873. The molecular formula is C18H25N3O5S. The lowest BCUT2D eigenvalue weighted by molar-refractivity contribution is 0.0187. The molecule has 0 unspecified atom stereocenters. The Balaban J connectivity index is 1.73. The normalized spacial score (nSPS) is 21.4. The van der Waals surface area contributed by atoms with E-state index in [1.54, 1.807) is 23.1 Å². The fraction of sp³-hybridized carbons (Fsp3) is 0.556. The Hall–Kier alpha value is -2.29. The Morgan fingerprint density at radius 1 is 1.37 bits per heavy atom. The van der Waals surface area contributed by atoms with Gasteiger partial charge in [-0.25, -0.2) is 13.2 Å². The maximum Gasteiger partial charge on any atom is 0.410 e. The zero-order chi connectivity index (χ0) is 19.8. The van der Waals surface area contributed by atoms with Gasteiger partial charge in [0.15, 0.2) is 0 Å². The third kappa shape index (κ3) is 4.52. The first-order chi connectivity index (χ1) is 12.6. The van der Waals surface area contributed by atoms with Gasteiger partial charge in [-0.3, -0.25) is 0 Å². The van der Waals surface area contributed by atoms with Crippen molar-refractivity contribution >= 4 is 22.0 Å². The monoisotopic (exact) mass is 395 g/mol. The molecule has 27 heavy (non-hydrogen) atoms. The molecule has 3 rings (SSSR count). The molecule has 1 amide bonds. The van der Waals surface area contributed by atoms with E-state index in [4.69, 9.17) is 15.2 Å². The maximum absolute atomic E-state index is 12.4. The van der Waals surface area contributed by atoms with Gasteiger partial charge in [0.1, 0.15) is 23.8 Å². The molecule has 2 N–H and O–H groups in total. The lowest BCUT2D eigenvalue weighted by Gasteiger charge is -2.29. The number of carbonyl (C=O) groups excluding carboxylic acids is 1. The molecule has 2 aliphatic rings. The standard InChI is InChI=1S/C18H25N3O5S/c1-18(2,3)26-17(22)21-9-5-7-13(21)10-25-14-8-4-6-12-11-27(23,24)20-16(19)15(12)14/h4,6,8,13H,5,7,9-11H2,1-3H3,(H2,19,20)/t13-/m1/s1. The van der Waals surface area contributed by atoms with Crippen LogP contribution in [0.2, 0.25) is 0 Å². The fourth-order valence-electron chi connectivity index (χ4n) is 3.29. The molecule has 1 atom stereocenters. The van der Waals surface area contributed by atoms with E-state index in [-0.39, 0.29) is 30.3 Å². The van der Waals surface area contributed by atoms with Crippen molar-refractivity contribution in [1.82, 2.24) is 4.90 Å². The number of hydrogen-bond donors (Lipinski definition) is 1. The van der Waals surface area contributed by atoms with Gasteiger partial charge in [0.2, 0.25) is 0 Å². The van der Waals surface area contributed by atoms with Crippen LogP contribution in [0, 0.1) is 0 Å². The second-order valence-electron chi connectivity index (χ2n) is 7.77. The van der Waals surface area contributed by atoms with Gasteiger partial charge in [-0.05, 0) is 45.2 Å². The fourth-order valence-corrected chi connectivity index (χ4v) is 4.38. The van der Waals surface area contributed by atoms with Gasteiger partial charge in [0.05, 0.1) is 17.4 Å². The number of sulfonamides is 1. The first-order valence-electron chi connectivity index (χ1n) is 8.88. The molecule has 0 aromatic heterocycles. The highest BCUT2D eigenvalue weighted by Crippen LogP contribution is 2.29. The number of rotatable bonds is 3. The van der Waals surface area contributed by atoms with Crippen molar-refractivity contribution in [3.8, 4) is 5.75 Å². The van der Waals surface area contributed by atoms with Crippen LogP contribution in [0.1, 0.15) is 44.7 Å². The lowest BCUT2D eigenvalue weighted by Crippen LogP contribution is -2.42. The number of ether oxygens (including phenoxy) is 2. The Morgan fingerprint density at radius 2 is 2.11 bits per heavy atom. The zero-order valence-electron chi connectivity index (χ0n) is 15.8. The molecule has 8 nitrogen and oxygen atoms in total. The highest BCUT2D eigenvalue weighted by Gasteiger charge is 2.33. The van der Waals surface area contributed by atoms with Gasteiger partial charge in [-0.15, -0.1) is 4.40 Å². The molecule has 1 fully saturated rings. The minimum Gasteiger partial charge on any atom is -0.491 e. The van der Waals surface area contributed by atoms with Crippen LogP contribution < -0.4 is 10.5 Å². The number of nitrogens with two attached hydrogens (primary N) is 1. The second kappa shape index (κ2) is 7.03. The number of fused-ring (bicyclic) bond motifs is 1. The van der Waals surface area contributed by atoms with Crippen molar-refractivity contribution in [2.24, 2.45) is 10.1 Å². The minimum atomic E-state index is -3.59. The zero-order valence-corrected chi connectivity index (χ0v) is 16.6. The van der Waals surface area contributed by atoms with Crippen molar-refractivity contribution < 1.29 is 22.7 Å². The second-order valence-corrected chi connectivity index (χ2v) is 9.41. The molecule has 0 saturated carbocycles. The largest absolute Gasteiger partial charge is 0.491 e. The Morgan fingerprint density at radius 3 is 2.81 bits per heavy atom. The van der Waals surface area contributed by atoms with Gasteiger partial charge < -0.3 is 20.1 Å². The molecule has 2 aliphatic heterocycles. The Kier molecular flexibility index (Phi) is 5.07. The molecule has 9 heteroatoms. The number of amides is 1. The summed E-state index contributed by atoms with van der Waals surface area (Å²) < 4.78 is 38.5. The topological polar surface area (TPSA) is 111 Å². The number of nitrogens with zero attached hydrogens (tertiary/aromatic N) is 2. The minimum absolute atomic E-state index is 0.0673. The molecule has 2 heterocycles. The van der Waals surface area contributed by atoms with E-state index in [0.717, 1.165) is 12.8 Å². The van der Waals surface area contributed by atoms with E-state index in [1.807, 2.05) is 20.8 Å². The summed E-state index contributed by atoms with van der Waals surface area (Å²) in [7, 11) is -3.59. The van der Waals surface area contributed by atoms with Crippen LogP contribution in [0.25, 0.3) is 0 Å². The van der Waals surface area contributed by atoms with Gasteiger partial charge in [0.25, 0.3) is 10.0 Å². The van der Waals surface area contributed by atoms with Gasteiger partial charge >= 0.3 is 6.09 Å². The number of likely N-dealkylation sites (tertiary alicyclic amines) is 1. The van der Waals surface area contributed by atoms with Gasteiger partial charge in [-0.2, -0.15) is 0 Å². The van der Waals surface area contributed by atoms with Crippen LogP contribution in [-0.4, -0.2) is 50.0 Å². The quantitative estimate of drug-likeness (QED) is 0.838. The smallest absolute Gasteiger partial charge is 0.410 e. The molecule has 1 aromatic carbocycles. The molecule has 0 radical (unpaired) electrons. The van der Waals surface area contributed by atoms with E-state index >= 15 is 0 Å². The average Bonchev–Trinajstić information content (AvgIpc) is 2.98. The predicted octanol–water partition coefficient (Wildman–Crippen LogP) is 2.01. The molecule has 1 aromatic rings. The van der Waals surface area contributed by atoms with Crippen LogP contribution in [0.4, 0.5) is 4.79 Å². The SMILES string of the molecule is CC(C)(C)OC(=O)N1CCC[C@@H]1COc1cccc2c1C(N)=NS(=O)(=O)C2.